The van der Waals surface area contributed by atoms with Gasteiger partial charge in [-0.3, -0.25) is 4.79 Å². The lowest BCUT2D eigenvalue weighted by Gasteiger charge is -2.14. The van der Waals surface area contributed by atoms with Crippen molar-refractivity contribution in [3.63, 3.8) is 0 Å². The van der Waals surface area contributed by atoms with E-state index in [-0.39, 0.29) is 11.5 Å². The molecule has 2 aromatic heterocycles. The third-order valence-electron chi connectivity index (χ3n) is 3.83. The maximum Gasteiger partial charge on any atom is 0.374 e. The highest BCUT2D eigenvalue weighted by molar-refractivity contribution is 5.93. The van der Waals surface area contributed by atoms with Crippen LogP contribution in [-0.2, 0) is 4.74 Å². The predicted octanol–water partition coefficient (Wildman–Crippen LogP) is 1.10. The van der Waals surface area contributed by atoms with Crippen molar-refractivity contribution in [2.75, 3.05) is 7.11 Å². The van der Waals surface area contributed by atoms with Crippen LogP contribution in [0.5, 0.6) is 0 Å². The van der Waals surface area contributed by atoms with Crippen molar-refractivity contribution >= 4 is 23.5 Å². The Morgan fingerprint density at radius 2 is 1.85 bits per heavy atom. The number of hydrogen-bond donors (Lipinski definition) is 2. The summed E-state index contributed by atoms with van der Waals surface area (Å²) in [6, 6.07) is 7.58. The number of esters is 1. The molecule has 10 heteroatoms. The molecular formula is C17H15N5O5. The van der Waals surface area contributed by atoms with Gasteiger partial charge in [0.2, 0.25) is 11.6 Å². The van der Waals surface area contributed by atoms with Gasteiger partial charge in [0.1, 0.15) is 0 Å². The summed E-state index contributed by atoms with van der Waals surface area (Å²) in [4.78, 5) is 43.1. The number of nitrogens with one attached hydrogen (secondary N) is 1. The lowest BCUT2D eigenvalue weighted by atomic mass is 10.1. The van der Waals surface area contributed by atoms with E-state index in [4.69, 9.17) is 0 Å². The van der Waals surface area contributed by atoms with Gasteiger partial charge in [0, 0.05) is 6.07 Å². The molecule has 0 aliphatic heterocycles. The lowest BCUT2D eigenvalue weighted by Crippen LogP contribution is -2.29. The van der Waals surface area contributed by atoms with Gasteiger partial charge in [0.15, 0.2) is 5.65 Å². The molecule has 0 aliphatic carbocycles. The highest BCUT2D eigenvalue weighted by atomic mass is 16.5. The van der Waals surface area contributed by atoms with E-state index in [1.807, 2.05) is 0 Å². The van der Waals surface area contributed by atoms with Gasteiger partial charge in [-0.2, -0.15) is 14.6 Å². The molecule has 3 rings (SSSR count). The summed E-state index contributed by atoms with van der Waals surface area (Å²) in [7, 11) is 1.29. The van der Waals surface area contributed by atoms with Gasteiger partial charge in [0.05, 0.1) is 24.9 Å². The van der Waals surface area contributed by atoms with Crippen LogP contribution >= 0.6 is 0 Å². The molecule has 10 nitrogen and oxygen atoms in total. The monoisotopic (exact) mass is 369 g/mol. The fourth-order valence-corrected chi connectivity index (χ4v) is 2.44. The fourth-order valence-electron chi connectivity index (χ4n) is 2.44. The van der Waals surface area contributed by atoms with Crippen molar-refractivity contribution in [3.05, 3.63) is 59.3 Å². The van der Waals surface area contributed by atoms with E-state index in [9.17, 15) is 19.5 Å². The van der Waals surface area contributed by atoms with Crippen molar-refractivity contribution < 1.29 is 24.2 Å². The number of amides is 1. The molecule has 0 bridgehead atoms. The third kappa shape index (κ3) is 3.59. The number of methoxy groups -OCH3 is 1. The number of aromatic carboxylic acids is 1. The van der Waals surface area contributed by atoms with Crippen LogP contribution in [0.3, 0.4) is 0 Å². The van der Waals surface area contributed by atoms with Crippen molar-refractivity contribution in [2.24, 2.45) is 0 Å². The second-order valence-electron chi connectivity index (χ2n) is 5.59. The van der Waals surface area contributed by atoms with Gasteiger partial charge in [-0.05, 0) is 24.6 Å². The van der Waals surface area contributed by atoms with Crippen molar-refractivity contribution in [1.29, 1.82) is 0 Å². The summed E-state index contributed by atoms with van der Waals surface area (Å²) < 4.78 is 5.67. The zero-order valence-corrected chi connectivity index (χ0v) is 14.4. The number of ether oxygens (including phenoxy) is 1. The molecular weight excluding hydrogens is 354 g/mol. The van der Waals surface area contributed by atoms with E-state index in [1.54, 1.807) is 31.2 Å². The SMILES string of the molecule is COC(=O)c1ccc([C@@H](C)NC(=O)c2nc(C(=O)O)n3nccc3n2)cc1. The summed E-state index contributed by atoms with van der Waals surface area (Å²) in [5.41, 5.74) is 1.32. The molecule has 2 heterocycles. The minimum Gasteiger partial charge on any atom is -0.475 e. The van der Waals surface area contributed by atoms with Crippen LogP contribution in [0.2, 0.25) is 0 Å². The average Bonchev–Trinajstić information content (AvgIpc) is 3.15. The molecule has 0 unspecified atom stereocenters. The van der Waals surface area contributed by atoms with Crippen LogP contribution in [-0.4, -0.2) is 49.6 Å². The highest BCUT2D eigenvalue weighted by Gasteiger charge is 2.20. The summed E-state index contributed by atoms with van der Waals surface area (Å²) >= 11 is 0. The largest absolute Gasteiger partial charge is 0.475 e. The zero-order valence-electron chi connectivity index (χ0n) is 14.4. The summed E-state index contributed by atoms with van der Waals surface area (Å²) in [6.45, 7) is 1.74. The van der Waals surface area contributed by atoms with E-state index in [1.165, 1.54) is 19.4 Å². The molecule has 0 saturated carbocycles. The van der Waals surface area contributed by atoms with Crippen LogP contribution < -0.4 is 5.32 Å². The number of hydrogen-bond acceptors (Lipinski definition) is 7. The molecule has 3 aromatic rings. The van der Waals surface area contributed by atoms with Gasteiger partial charge >= 0.3 is 11.9 Å². The Morgan fingerprint density at radius 1 is 1.15 bits per heavy atom. The maximum absolute atomic E-state index is 12.5. The number of fused-ring (bicyclic) bond motifs is 1. The van der Waals surface area contributed by atoms with Crippen molar-refractivity contribution in [1.82, 2.24) is 24.9 Å². The van der Waals surface area contributed by atoms with Crippen molar-refractivity contribution in [2.45, 2.75) is 13.0 Å². The van der Waals surface area contributed by atoms with E-state index in [2.05, 4.69) is 25.1 Å². The molecule has 138 valence electrons. The normalized spacial score (nSPS) is 11.8. The van der Waals surface area contributed by atoms with Gasteiger partial charge in [-0.15, -0.1) is 0 Å². The first-order valence-electron chi connectivity index (χ1n) is 7.85. The quantitative estimate of drug-likeness (QED) is 0.638. The second-order valence-corrected chi connectivity index (χ2v) is 5.59. The number of benzene rings is 1. The maximum atomic E-state index is 12.5. The summed E-state index contributed by atoms with van der Waals surface area (Å²) in [5.74, 6) is -3.11. The minimum atomic E-state index is -1.33. The van der Waals surface area contributed by atoms with Gasteiger partial charge in [0.25, 0.3) is 5.91 Å². The molecule has 0 spiro atoms. The van der Waals surface area contributed by atoms with Gasteiger partial charge in [-0.25, -0.2) is 14.6 Å². The van der Waals surface area contributed by atoms with Crippen LogP contribution in [0.15, 0.2) is 36.5 Å². The van der Waals surface area contributed by atoms with E-state index < -0.39 is 29.7 Å². The summed E-state index contributed by atoms with van der Waals surface area (Å²) in [5, 5.41) is 15.8. The molecule has 1 aromatic carbocycles. The Morgan fingerprint density at radius 3 is 2.48 bits per heavy atom. The first-order chi connectivity index (χ1) is 12.9. The number of nitrogens with zero attached hydrogens (tertiary/aromatic N) is 4. The van der Waals surface area contributed by atoms with Crippen molar-refractivity contribution in [3.8, 4) is 0 Å². The Balaban J connectivity index is 1.81. The topological polar surface area (TPSA) is 136 Å². The number of carboxylic acid groups (broad SMARTS) is 1. The number of aromatic nitrogens is 4. The minimum absolute atomic E-state index is 0.197. The first kappa shape index (κ1) is 18.0. The van der Waals surface area contributed by atoms with E-state index in [0.717, 1.165) is 10.1 Å². The number of carbonyl (C=O) groups excluding carboxylic acids is 2. The Bertz CT molecular complexity index is 1030. The fraction of sp³-hybridized carbons (Fsp3) is 0.176. The number of rotatable bonds is 5. The highest BCUT2D eigenvalue weighted by Crippen LogP contribution is 2.15. The van der Waals surface area contributed by atoms with Gasteiger partial charge < -0.3 is 15.2 Å². The molecule has 0 fully saturated rings. The molecule has 2 N–H and O–H groups in total. The second kappa shape index (κ2) is 7.20. The van der Waals surface area contributed by atoms with Crippen LogP contribution in [0.1, 0.15) is 50.1 Å². The summed E-state index contributed by atoms with van der Waals surface area (Å²) in [6.07, 6.45) is 1.36. The zero-order chi connectivity index (χ0) is 19.6. The van der Waals surface area contributed by atoms with Crippen LogP contribution in [0, 0.1) is 0 Å². The lowest BCUT2D eigenvalue weighted by molar-refractivity contribution is 0.0599. The Hall–Kier alpha value is -3.82. The number of carboxylic acids is 1. The molecule has 0 radical (unpaired) electrons. The van der Waals surface area contributed by atoms with Gasteiger partial charge in [-0.1, -0.05) is 12.1 Å². The molecule has 27 heavy (non-hydrogen) atoms. The standard InChI is InChI=1S/C17H15N5O5/c1-9(10-3-5-11(6-4-10)17(26)27-2)19-15(23)13-20-12-7-8-18-22(12)14(21-13)16(24)25/h3-9H,1-2H3,(H,19,23)(H,24,25)/t9-/m1/s1. The first-order valence-corrected chi connectivity index (χ1v) is 7.85. The Kier molecular flexibility index (Phi) is 4.79. The predicted molar refractivity (Wildman–Crippen MR) is 91.4 cm³/mol. The van der Waals surface area contributed by atoms with Crippen LogP contribution in [0.25, 0.3) is 5.65 Å². The molecule has 1 amide bonds. The van der Waals surface area contributed by atoms with E-state index >= 15 is 0 Å². The number of carbonyl (C=O) groups is 3. The van der Waals surface area contributed by atoms with E-state index in [0.29, 0.717) is 5.56 Å². The molecule has 0 aliphatic rings. The molecule has 1 atom stereocenters. The third-order valence-corrected chi connectivity index (χ3v) is 3.83. The van der Waals surface area contributed by atoms with Crippen LogP contribution in [0.4, 0.5) is 0 Å². The molecule has 0 saturated heterocycles. The smallest absolute Gasteiger partial charge is 0.374 e. The average molecular weight is 369 g/mol. The Labute approximate surface area is 152 Å².